The standard InChI is InChI=1S/C21H24N2O3/c1-4-15(5-2)20(25)22-18-11-9-16(10-12-18)21(26)23-19-8-6-7-17(13-19)14(3)24/h6-13,15H,4-5H2,1-3H3,(H,22,25)(H,23,26). The van der Waals surface area contributed by atoms with Crippen molar-refractivity contribution in [3.63, 3.8) is 0 Å². The second-order valence-corrected chi connectivity index (χ2v) is 6.17. The van der Waals surface area contributed by atoms with Crippen molar-refractivity contribution >= 4 is 29.0 Å². The van der Waals surface area contributed by atoms with E-state index >= 15 is 0 Å². The smallest absolute Gasteiger partial charge is 0.255 e. The highest BCUT2D eigenvalue weighted by molar-refractivity contribution is 6.05. The summed E-state index contributed by atoms with van der Waals surface area (Å²) in [6, 6.07) is 13.5. The number of Topliss-reactive ketones (excluding diaryl/α,β-unsaturated/α-hetero) is 1. The molecular formula is C21H24N2O3. The molecule has 136 valence electrons. The molecule has 0 saturated heterocycles. The Morgan fingerprint density at radius 2 is 1.50 bits per heavy atom. The molecule has 26 heavy (non-hydrogen) atoms. The molecule has 0 aliphatic carbocycles. The first kappa shape index (κ1) is 19.4. The van der Waals surface area contributed by atoms with Gasteiger partial charge in [0.1, 0.15) is 0 Å². The highest BCUT2D eigenvalue weighted by Gasteiger charge is 2.14. The summed E-state index contributed by atoms with van der Waals surface area (Å²) in [5.74, 6) is -0.345. The molecule has 0 spiro atoms. The van der Waals surface area contributed by atoms with Crippen LogP contribution in [0.1, 0.15) is 54.3 Å². The molecular weight excluding hydrogens is 328 g/mol. The molecule has 2 aromatic carbocycles. The van der Waals surface area contributed by atoms with Gasteiger partial charge >= 0.3 is 0 Å². The molecule has 0 unspecified atom stereocenters. The minimum absolute atomic E-state index is 0.00625. The second kappa shape index (κ2) is 8.94. The maximum atomic E-state index is 12.3. The predicted molar refractivity (Wildman–Crippen MR) is 104 cm³/mol. The van der Waals surface area contributed by atoms with Crippen LogP contribution in [0.5, 0.6) is 0 Å². The van der Waals surface area contributed by atoms with E-state index in [4.69, 9.17) is 0 Å². The summed E-state index contributed by atoms with van der Waals surface area (Å²) in [5.41, 5.74) is 2.24. The number of hydrogen-bond acceptors (Lipinski definition) is 3. The van der Waals surface area contributed by atoms with Gasteiger partial charge in [-0.3, -0.25) is 14.4 Å². The highest BCUT2D eigenvalue weighted by atomic mass is 16.2. The first-order valence-electron chi connectivity index (χ1n) is 8.77. The summed E-state index contributed by atoms with van der Waals surface area (Å²) in [6.07, 6.45) is 1.59. The zero-order chi connectivity index (χ0) is 19.1. The van der Waals surface area contributed by atoms with Crippen LogP contribution in [0.25, 0.3) is 0 Å². The lowest BCUT2D eigenvalue weighted by atomic mass is 10.0. The van der Waals surface area contributed by atoms with Gasteiger partial charge in [0.15, 0.2) is 5.78 Å². The quantitative estimate of drug-likeness (QED) is 0.720. The molecule has 0 bridgehead atoms. The van der Waals surface area contributed by atoms with Crippen LogP contribution in [0.4, 0.5) is 11.4 Å². The van der Waals surface area contributed by atoms with Crippen molar-refractivity contribution in [2.24, 2.45) is 5.92 Å². The van der Waals surface area contributed by atoms with Gasteiger partial charge in [-0.25, -0.2) is 0 Å². The average Bonchev–Trinajstić information content (AvgIpc) is 2.63. The zero-order valence-corrected chi connectivity index (χ0v) is 15.3. The van der Waals surface area contributed by atoms with Crippen molar-refractivity contribution in [2.75, 3.05) is 10.6 Å². The molecule has 2 N–H and O–H groups in total. The number of carbonyl (C=O) groups excluding carboxylic acids is 3. The van der Waals surface area contributed by atoms with Crippen molar-refractivity contribution in [3.05, 3.63) is 59.7 Å². The van der Waals surface area contributed by atoms with Gasteiger partial charge in [0.2, 0.25) is 5.91 Å². The molecule has 5 heteroatoms. The SMILES string of the molecule is CCC(CC)C(=O)Nc1ccc(C(=O)Nc2cccc(C(C)=O)c2)cc1. The summed E-state index contributed by atoms with van der Waals surface area (Å²) in [6.45, 7) is 5.46. The lowest BCUT2D eigenvalue weighted by molar-refractivity contribution is -0.120. The van der Waals surface area contributed by atoms with Gasteiger partial charge in [-0.2, -0.15) is 0 Å². The lowest BCUT2D eigenvalue weighted by Gasteiger charge is -2.13. The summed E-state index contributed by atoms with van der Waals surface area (Å²) >= 11 is 0. The number of anilines is 2. The van der Waals surface area contributed by atoms with E-state index in [0.717, 1.165) is 12.8 Å². The molecule has 2 aromatic rings. The number of ketones is 1. The third-order valence-corrected chi connectivity index (χ3v) is 4.30. The number of rotatable bonds is 7. The van der Waals surface area contributed by atoms with Gasteiger partial charge in [0.05, 0.1) is 0 Å². The molecule has 0 heterocycles. The molecule has 0 radical (unpaired) electrons. The van der Waals surface area contributed by atoms with E-state index in [1.807, 2.05) is 13.8 Å². The zero-order valence-electron chi connectivity index (χ0n) is 15.3. The lowest BCUT2D eigenvalue weighted by Crippen LogP contribution is -2.21. The Labute approximate surface area is 153 Å². The largest absolute Gasteiger partial charge is 0.326 e. The molecule has 2 rings (SSSR count). The topological polar surface area (TPSA) is 75.3 Å². The van der Waals surface area contributed by atoms with Gasteiger partial charge in [0, 0.05) is 28.4 Å². The van der Waals surface area contributed by atoms with Crippen LogP contribution in [0.15, 0.2) is 48.5 Å². The van der Waals surface area contributed by atoms with Gasteiger partial charge in [-0.05, 0) is 56.2 Å². The van der Waals surface area contributed by atoms with Crippen LogP contribution in [0, 0.1) is 5.92 Å². The van der Waals surface area contributed by atoms with Gasteiger partial charge in [-0.1, -0.05) is 26.0 Å². The molecule has 0 saturated carbocycles. The Morgan fingerprint density at radius 1 is 0.846 bits per heavy atom. The fourth-order valence-corrected chi connectivity index (χ4v) is 2.63. The number of hydrogen-bond donors (Lipinski definition) is 2. The number of carbonyl (C=O) groups is 3. The number of nitrogens with one attached hydrogen (secondary N) is 2. The van der Waals surface area contributed by atoms with E-state index < -0.39 is 0 Å². The summed E-state index contributed by atoms with van der Waals surface area (Å²) in [7, 11) is 0. The van der Waals surface area contributed by atoms with E-state index in [-0.39, 0.29) is 23.5 Å². The summed E-state index contributed by atoms with van der Waals surface area (Å²) in [5, 5.41) is 5.64. The van der Waals surface area contributed by atoms with E-state index in [1.165, 1.54) is 6.92 Å². The fraction of sp³-hybridized carbons (Fsp3) is 0.286. The third-order valence-electron chi connectivity index (χ3n) is 4.30. The minimum atomic E-state index is -0.274. The van der Waals surface area contributed by atoms with Crippen molar-refractivity contribution in [1.29, 1.82) is 0 Å². The molecule has 0 aliphatic heterocycles. The van der Waals surface area contributed by atoms with Crippen molar-refractivity contribution in [1.82, 2.24) is 0 Å². The van der Waals surface area contributed by atoms with E-state index in [2.05, 4.69) is 10.6 Å². The van der Waals surface area contributed by atoms with Crippen molar-refractivity contribution < 1.29 is 14.4 Å². The maximum absolute atomic E-state index is 12.3. The number of benzene rings is 2. The van der Waals surface area contributed by atoms with Gasteiger partial charge < -0.3 is 10.6 Å². The van der Waals surface area contributed by atoms with E-state index in [9.17, 15) is 14.4 Å². The van der Waals surface area contributed by atoms with Crippen LogP contribution < -0.4 is 10.6 Å². The van der Waals surface area contributed by atoms with Crippen LogP contribution >= 0.6 is 0 Å². The Hall–Kier alpha value is -2.95. The average molecular weight is 352 g/mol. The monoisotopic (exact) mass is 352 g/mol. The molecule has 0 aromatic heterocycles. The molecule has 0 aliphatic rings. The van der Waals surface area contributed by atoms with Crippen LogP contribution in [-0.4, -0.2) is 17.6 Å². The Balaban J connectivity index is 2.03. The fourth-order valence-electron chi connectivity index (χ4n) is 2.63. The second-order valence-electron chi connectivity index (χ2n) is 6.17. The summed E-state index contributed by atoms with van der Waals surface area (Å²) in [4.78, 5) is 35.9. The Kier molecular flexibility index (Phi) is 6.67. The van der Waals surface area contributed by atoms with Gasteiger partial charge in [-0.15, -0.1) is 0 Å². The van der Waals surface area contributed by atoms with E-state index in [0.29, 0.717) is 22.5 Å². The third kappa shape index (κ3) is 5.02. The normalized spacial score (nSPS) is 10.5. The first-order chi connectivity index (χ1) is 12.4. The Bertz CT molecular complexity index is 793. The van der Waals surface area contributed by atoms with Crippen LogP contribution in [-0.2, 0) is 4.79 Å². The van der Waals surface area contributed by atoms with E-state index in [1.54, 1.807) is 48.5 Å². The molecule has 0 atom stereocenters. The molecule has 5 nitrogen and oxygen atoms in total. The molecule has 0 fully saturated rings. The first-order valence-corrected chi connectivity index (χ1v) is 8.77. The Morgan fingerprint density at radius 3 is 2.08 bits per heavy atom. The highest BCUT2D eigenvalue weighted by Crippen LogP contribution is 2.16. The van der Waals surface area contributed by atoms with Crippen molar-refractivity contribution in [3.8, 4) is 0 Å². The minimum Gasteiger partial charge on any atom is -0.326 e. The summed E-state index contributed by atoms with van der Waals surface area (Å²) < 4.78 is 0. The van der Waals surface area contributed by atoms with Gasteiger partial charge in [0.25, 0.3) is 5.91 Å². The van der Waals surface area contributed by atoms with Crippen LogP contribution in [0.2, 0.25) is 0 Å². The predicted octanol–water partition coefficient (Wildman–Crippen LogP) is 4.52. The number of amides is 2. The maximum Gasteiger partial charge on any atom is 0.255 e. The van der Waals surface area contributed by atoms with Crippen LogP contribution in [0.3, 0.4) is 0 Å². The van der Waals surface area contributed by atoms with Crippen molar-refractivity contribution in [2.45, 2.75) is 33.6 Å². The molecule has 2 amide bonds.